The van der Waals surface area contributed by atoms with Crippen LogP contribution in [0.15, 0.2) is 40.9 Å². The zero-order valence-electron chi connectivity index (χ0n) is 12.2. The first-order valence-electron chi connectivity index (χ1n) is 6.66. The van der Waals surface area contributed by atoms with E-state index in [1.807, 2.05) is 0 Å². The SMILES string of the molecule is Cc1ccc(C)c(C(C)Nc2ccc([N+](=O)[O-])cc2Br)c1. The summed E-state index contributed by atoms with van der Waals surface area (Å²) in [6.07, 6.45) is 0. The molecular weight excluding hydrogens is 332 g/mol. The molecule has 1 N–H and O–H groups in total. The lowest BCUT2D eigenvalue weighted by molar-refractivity contribution is -0.384. The quantitative estimate of drug-likeness (QED) is 0.614. The normalized spacial score (nSPS) is 12.0. The fraction of sp³-hybridized carbons (Fsp3) is 0.250. The molecule has 2 aromatic rings. The van der Waals surface area contributed by atoms with Crippen molar-refractivity contribution in [3.05, 3.63) is 67.7 Å². The molecule has 2 aromatic carbocycles. The van der Waals surface area contributed by atoms with Crippen molar-refractivity contribution in [3.63, 3.8) is 0 Å². The van der Waals surface area contributed by atoms with E-state index in [2.05, 4.69) is 60.2 Å². The van der Waals surface area contributed by atoms with Gasteiger partial charge in [-0.05, 0) is 53.9 Å². The monoisotopic (exact) mass is 348 g/mol. The van der Waals surface area contributed by atoms with Crippen LogP contribution in [0.5, 0.6) is 0 Å². The molecule has 0 aliphatic rings. The van der Waals surface area contributed by atoms with Gasteiger partial charge in [-0.15, -0.1) is 0 Å². The van der Waals surface area contributed by atoms with Crippen molar-refractivity contribution in [2.45, 2.75) is 26.8 Å². The highest BCUT2D eigenvalue weighted by Crippen LogP contribution is 2.31. The molecule has 0 amide bonds. The number of non-ortho nitro benzene ring substituents is 1. The van der Waals surface area contributed by atoms with Crippen LogP contribution >= 0.6 is 15.9 Å². The average molecular weight is 349 g/mol. The van der Waals surface area contributed by atoms with Crippen molar-refractivity contribution in [2.24, 2.45) is 0 Å². The minimum absolute atomic E-state index is 0.0758. The Morgan fingerprint density at radius 3 is 2.52 bits per heavy atom. The molecule has 0 fully saturated rings. The van der Waals surface area contributed by atoms with Gasteiger partial charge in [0.2, 0.25) is 0 Å². The van der Waals surface area contributed by atoms with Crippen LogP contribution in [0.25, 0.3) is 0 Å². The van der Waals surface area contributed by atoms with Crippen molar-refractivity contribution < 1.29 is 4.92 Å². The zero-order chi connectivity index (χ0) is 15.6. The van der Waals surface area contributed by atoms with E-state index in [4.69, 9.17) is 0 Å². The molecule has 1 unspecified atom stereocenters. The van der Waals surface area contributed by atoms with E-state index in [1.54, 1.807) is 6.07 Å². The lowest BCUT2D eigenvalue weighted by Crippen LogP contribution is -2.09. The molecule has 5 heteroatoms. The van der Waals surface area contributed by atoms with Gasteiger partial charge in [0.05, 0.1) is 4.92 Å². The molecule has 0 aromatic heterocycles. The first kappa shape index (κ1) is 15.5. The van der Waals surface area contributed by atoms with Crippen LogP contribution in [0, 0.1) is 24.0 Å². The number of hydrogen-bond acceptors (Lipinski definition) is 3. The van der Waals surface area contributed by atoms with Gasteiger partial charge in [-0.2, -0.15) is 0 Å². The Morgan fingerprint density at radius 2 is 1.90 bits per heavy atom. The number of hydrogen-bond donors (Lipinski definition) is 1. The van der Waals surface area contributed by atoms with E-state index in [1.165, 1.54) is 28.8 Å². The average Bonchev–Trinajstić information content (AvgIpc) is 2.43. The highest BCUT2D eigenvalue weighted by molar-refractivity contribution is 9.10. The molecule has 0 aliphatic heterocycles. The van der Waals surface area contributed by atoms with Gasteiger partial charge >= 0.3 is 0 Å². The van der Waals surface area contributed by atoms with Crippen molar-refractivity contribution in [2.75, 3.05) is 5.32 Å². The number of anilines is 1. The molecule has 0 bridgehead atoms. The third-order valence-corrected chi connectivity index (χ3v) is 4.09. The molecule has 0 saturated carbocycles. The summed E-state index contributed by atoms with van der Waals surface area (Å²) in [5, 5.41) is 14.1. The second-order valence-electron chi connectivity index (χ2n) is 5.15. The van der Waals surface area contributed by atoms with Crippen molar-refractivity contribution in [1.82, 2.24) is 0 Å². The van der Waals surface area contributed by atoms with Gasteiger partial charge in [0.1, 0.15) is 0 Å². The summed E-state index contributed by atoms with van der Waals surface area (Å²) in [5.74, 6) is 0. The molecule has 1 atom stereocenters. The molecule has 0 saturated heterocycles. The minimum atomic E-state index is -0.400. The molecule has 21 heavy (non-hydrogen) atoms. The summed E-state index contributed by atoms with van der Waals surface area (Å²) < 4.78 is 0.689. The Kier molecular flexibility index (Phi) is 4.63. The van der Waals surface area contributed by atoms with Crippen LogP contribution in [-0.4, -0.2) is 4.92 Å². The molecule has 2 rings (SSSR count). The molecule has 0 heterocycles. The Bertz CT molecular complexity index is 686. The molecule has 110 valence electrons. The van der Waals surface area contributed by atoms with Crippen LogP contribution in [0.1, 0.15) is 29.7 Å². The third kappa shape index (κ3) is 3.61. The predicted octanol–water partition coefficient (Wildman–Crippen LogP) is 5.15. The van der Waals surface area contributed by atoms with Gasteiger partial charge in [-0.1, -0.05) is 23.8 Å². The molecule has 4 nitrogen and oxygen atoms in total. The summed E-state index contributed by atoms with van der Waals surface area (Å²) >= 11 is 3.38. The maximum atomic E-state index is 10.8. The predicted molar refractivity (Wildman–Crippen MR) is 88.8 cm³/mol. The van der Waals surface area contributed by atoms with E-state index < -0.39 is 4.92 Å². The first-order valence-corrected chi connectivity index (χ1v) is 7.45. The number of nitro benzene ring substituents is 1. The Balaban J connectivity index is 2.25. The van der Waals surface area contributed by atoms with E-state index in [0.29, 0.717) is 4.47 Å². The lowest BCUT2D eigenvalue weighted by atomic mass is 10.00. The summed E-state index contributed by atoms with van der Waals surface area (Å²) in [6.45, 7) is 6.23. The topological polar surface area (TPSA) is 55.2 Å². The highest BCUT2D eigenvalue weighted by atomic mass is 79.9. The molecular formula is C16H17BrN2O2. The van der Waals surface area contributed by atoms with Gasteiger partial charge < -0.3 is 5.32 Å². The lowest BCUT2D eigenvalue weighted by Gasteiger charge is -2.19. The number of nitrogens with one attached hydrogen (secondary N) is 1. The van der Waals surface area contributed by atoms with Crippen LogP contribution in [0.2, 0.25) is 0 Å². The van der Waals surface area contributed by atoms with Crippen molar-refractivity contribution >= 4 is 27.3 Å². The van der Waals surface area contributed by atoms with Crippen LogP contribution in [0.4, 0.5) is 11.4 Å². The van der Waals surface area contributed by atoms with Crippen LogP contribution in [0.3, 0.4) is 0 Å². The number of nitrogens with zero attached hydrogens (tertiary/aromatic N) is 1. The van der Waals surface area contributed by atoms with Gasteiger partial charge in [-0.25, -0.2) is 0 Å². The summed E-state index contributed by atoms with van der Waals surface area (Å²) in [7, 11) is 0. The Labute approximate surface area is 132 Å². The number of benzene rings is 2. The van der Waals surface area contributed by atoms with E-state index in [9.17, 15) is 10.1 Å². The van der Waals surface area contributed by atoms with Gasteiger partial charge in [0.25, 0.3) is 5.69 Å². The van der Waals surface area contributed by atoms with Crippen LogP contribution < -0.4 is 5.32 Å². The summed E-state index contributed by atoms with van der Waals surface area (Å²) in [5.41, 5.74) is 4.58. The smallest absolute Gasteiger partial charge is 0.270 e. The Morgan fingerprint density at radius 1 is 1.19 bits per heavy atom. The Hall–Kier alpha value is -1.88. The van der Waals surface area contributed by atoms with Crippen molar-refractivity contribution in [3.8, 4) is 0 Å². The van der Waals surface area contributed by atoms with Crippen molar-refractivity contribution in [1.29, 1.82) is 0 Å². The molecule has 0 radical (unpaired) electrons. The first-order chi connectivity index (χ1) is 9.88. The van der Waals surface area contributed by atoms with E-state index >= 15 is 0 Å². The standard InChI is InChI=1S/C16H17BrN2O2/c1-10-4-5-11(2)14(8-10)12(3)18-16-7-6-13(19(20)21)9-15(16)17/h4-9,12,18H,1-3H3. The zero-order valence-corrected chi connectivity index (χ0v) is 13.8. The summed E-state index contributed by atoms with van der Waals surface area (Å²) in [6, 6.07) is 11.2. The third-order valence-electron chi connectivity index (χ3n) is 3.44. The van der Waals surface area contributed by atoms with Gasteiger partial charge in [-0.3, -0.25) is 10.1 Å². The maximum absolute atomic E-state index is 10.8. The van der Waals surface area contributed by atoms with Crippen LogP contribution in [-0.2, 0) is 0 Å². The van der Waals surface area contributed by atoms with Gasteiger partial charge in [0, 0.05) is 28.3 Å². The number of nitro groups is 1. The second-order valence-corrected chi connectivity index (χ2v) is 6.00. The minimum Gasteiger partial charge on any atom is -0.378 e. The number of rotatable bonds is 4. The fourth-order valence-electron chi connectivity index (χ4n) is 2.27. The fourth-order valence-corrected chi connectivity index (χ4v) is 2.75. The second kappa shape index (κ2) is 6.26. The maximum Gasteiger partial charge on any atom is 0.270 e. The molecule has 0 spiro atoms. The number of aryl methyl sites for hydroxylation is 2. The largest absolute Gasteiger partial charge is 0.378 e. The summed E-state index contributed by atoms with van der Waals surface area (Å²) in [4.78, 5) is 10.4. The highest BCUT2D eigenvalue weighted by Gasteiger charge is 2.13. The van der Waals surface area contributed by atoms with E-state index in [-0.39, 0.29) is 11.7 Å². The van der Waals surface area contributed by atoms with Gasteiger partial charge in [0.15, 0.2) is 0 Å². The molecule has 0 aliphatic carbocycles. The van der Waals surface area contributed by atoms with E-state index in [0.717, 1.165) is 5.69 Å². The number of halogens is 1.